The highest BCUT2D eigenvalue weighted by Gasteiger charge is 2.26. The molecule has 0 saturated carbocycles. The van der Waals surface area contributed by atoms with Crippen LogP contribution in [0, 0.1) is 18.3 Å². The lowest BCUT2D eigenvalue weighted by atomic mass is 9.89. The third-order valence-electron chi connectivity index (χ3n) is 6.41. The molecule has 37 heavy (non-hydrogen) atoms. The van der Waals surface area contributed by atoms with Gasteiger partial charge in [-0.3, -0.25) is 4.79 Å². The number of anilines is 1. The van der Waals surface area contributed by atoms with Crippen molar-refractivity contribution in [2.24, 2.45) is 0 Å². The van der Waals surface area contributed by atoms with Crippen molar-refractivity contribution in [1.82, 2.24) is 10.2 Å². The van der Waals surface area contributed by atoms with Crippen LogP contribution in [-0.2, 0) is 14.6 Å². The number of hydrogen-bond acceptors (Lipinski definition) is 6. The van der Waals surface area contributed by atoms with Crippen LogP contribution in [0.15, 0.2) is 42.5 Å². The first-order valence-electron chi connectivity index (χ1n) is 11.8. The van der Waals surface area contributed by atoms with Crippen LogP contribution >= 0.6 is 0 Å². The number of urea groups is 1. The van der Waals surface area contributed by atoms with Crippen LogP contribution in [0.2, 0.25) is 0 Å². The fraction of sp³-hybridized carbons (Fsp3) is 0.385. The molecule has 1 saturated heterocycles. The Morgan fingerprint density at radius 2 is 1.78 bits per heavy atom. The maximum Gasteiger partial charge on any atom is 0.326 e. The second-order valence-electron chi connectivity index (χ2n) is 9.24. The lowest BCUT2D eigenvalue weighted by Crippen LogP contribution is -2.44. The first-order chi connectivity index (χ1) is 17.5. The Hall–Kier alpha value is -3.91. The SMILES string of the molecule is Cc1ccc(C(=O)N2CCC(c3ccc(C#N)cc3)CC2)cc1NC(=O)N[C@@H](CCS(C)(=O)=O)C(=O)O. The van der Waals surface area contributed by atoms with Crippen LogP contribution in [0.1, 0.15) is 52.2 Å². The molecule has 3 rings (SSSR count). The highest BCUT2D eigenvalue weighted by atomic mass is 32.2. The number of carboxylic acids is 1. The van der Waals surface area contributed by atoms with Crippen molar-refractivity contribution in [3.63, 3.8) is 0 Å². The second-order valence-corrected chi connectivity index (χ2v) is 11.5. The number of aliphatic carboxylic acids is 1. The third kappa shape index (κ3) is 7.79. The number of nitriles is 1. The fourth-order valence-electron chi connectivity index (χ4n) is 4.22. The van der Waals surface area contributed by atoms with Crippen molar-refractivity contribution >= 4 is 33.4 Å². The van der Waals surface area contributed by atoms with Crippen LogP contribution in [0.3, 0.4) is 0 Å². The van der Waals surface area contributed by atoms with Gasteiger partial charge in [-0.2, -0.15) is 5.26 Å². The molecule has 2 aromatic rings. The van der Waals surface area contributed by atoms with Crippen LogP contribution in [0.4, 0.5) is 10.5 Å². The highest BCUT2D eigenvalue weighted by molar-refractivity contribution is 7.90. The van der Waals surface area contributed by atoms with Crippen LogP contribution in [0.25, 0.3) is 0 Å². The average molecular weight is 527 g/mol. The quantitative estimate of drug-likeness (QED) is 0.477. The Morgan fingerprint density at radius 3 is 2.35 bits per heavy atom. The molecule has 2 aromatic carbocycles. The van der Waals surface area contributed by atoms with Gasteiger partial charge in [0.2, 0.25) is 0 Å². The van der Waals surface area contributed by atoms with Gasteiger partial charge in [0.1, 0.15) is 15.9 Å². The number of rotatable bonds is 8. The van der Waals surface area contributed by atoms with Gasteiger partial charge in [0, 0.05) is 30.6 Å². The third-order valence-corrected chi connectivity index (χ3v) is 7.38. The molecular weight excluding hydrogens is 496 g/mol. The molecule has 10 nitrogen and oxygen atoms in total. The monoisotopic (exact) mass is 526 g/mol. The molecule has 11 heteroatoms. The fourth-order valence-corrected chi connectivity index (χ4v) is 4.89. The number of carbonyl (C=O) groups is 3. The van der Waals surface area contributed by atoms with E-state index in [0.29, 0.717) is 41.4 Å². The van der Waals surface area contributed by atoms with Gasteiger partial charge in [0.25, 0.3) is 5.91 Å². The van der Waals surface area contributed by atoms with E-state index in [0.717, 1.165) is 24.7 Å². The molecule has 0 bridgehead atoms. The van der Waals surface area contributed by atoms with Gasteiger partial charge < -0.3 is 20.6 Å². The molecule has 0 spiro atoms. The zero-order chi connectivity index (χ0) is 27.2. The smallest absolute Gasteiger partial charge is 0.326 e. The van der Waals surface area contributed by atoms with E-state index >= 15 is 0 Å². The standard InChI is InChI=1S/C26H30N4O6S/c1-17-3-6-21(15-23(17)29-26(34)28-22(25(32)33)11-14-37(2,35)36)24(31)30-12-9-20(10-13-30)19-7-4-18(16-27)5-8-19/h3-8,15,20,22H,9-14H2,1-2H3,(H,32,33)(H2,28,29,34)/t22-/m0/s1. The van der Waals surface area contributed by atoms with Crippen molar-refractivity contribution in [2.75, 3.05) is 30.4 Å². The number of aryl methyl sites for hydroxylation is 1. The van der Waals surface area contributed by atoms with Gasteiger partial charge in [0.15, 0.2) is 0 Å². The molecule has 1 heterocycles. The predicted octanol–water partition coefficient (Wildman–Crippen LogP) is 2.90. The topological polar surface area (TPSA) is 157 Å². The molecule has 3 N–H and O–H groups in total. The number of likely N-dealkylation sites (tertiary alicyclic amines) is 1. The van der Waals surface area contributed by atoms with E-state index in [1.54, 1.807) is 42.2 Å². The van der Waals surface area contributed by atoms with Gasteiger partial charge in [0.05, 0.1) is 17.4 Å². The number of piperidine rings is 1. The first-order valence-corrected chi connectivity index (χ1v) is 13.9. The zero-order valence-corrected chi connectivity index (χ0v) is 21.5. The molecule has 0 unspecified atom stereocenters. The molecule has 1 fully saturated rings. The van der Waals surface area contributed by atoms with Gasteiger partial charge >= 0.3 is 12.0 Å². The summed E-state index contributed by atoms with van der Waals surface area (Å²) in [7, 11) is -3.39. The number of nitrogens with one attached hydrogen (secondary N) is 2. The minimum absolute atomic E-state index is 0.168. The minimum atomic E-state index is -3.39. The highest BCUT2D eigenvalue weighted by Crippen LogP contribution is 2.29. The molecular formula is C26H30N4O6S. The Labute approximate surface area is 216 Å². The van der Waals surface area contributed by atoms with Crippen molar-refractivity contribution in [1.29, 1.82) is 5.26 Å². The average Bonchev–Trinajstić information content (AvgIpc) is 2.87. The summed E-state index contributed by atoms with van der Waals surface area (Å²) in [6.07, 6.45) is 2.31. The van der Waals surface area contributed by atoms with Gasteiger partial charge in [-0.05, 0) is 67.5 Å². The van der Waals surface area contributed by atoms with E-state index in [1.165, 1.54) is 0 Å². The molecule has 196 valence electrons. The van der Waals surface area contributed by atoms with Gasteiger partial charge in [-0.1, -0.05) is 18.2 Å². The molecule has 0 radical (unpaired) electrons. The second kappa shape index (κ2) is 11.9. The summed E-state index contributed by atoms with van der Waals surface area (Å²) >= 11 is 0. The van der Waals surface area contributed by atoms with Crippen molar-refractivity contribution < 1.29 is 27.9 Å². The number of sulfone groups is 1. The summed E-state index contributed by atoms with van der Waals surface area (Å²) in [5, 5.41) is 23.1. The van der Waals surface area contributed by atoms with E-state index in [2.05, 4.69) is 16.7 Å². The van der Waals surface area contributed by atoms with E-state index in [-0.39, 0.29) is 18.1 Å². The Morgan fingerprint density at radius 1 is 1.14 bits per heavy atom. The predicted molar refractivity (Wildman–Crippen MR) is 138 cm³/mol. The van der Waals surface area contributed by atoms with Crippen molar-refractivity contribution in [3.8, 4) is 6.07 Å². The minimum Gasteiger partial charge on any atom is -0.480 e. The summed E-state index contributed by atoms with van der Waals surface area (Å²) < 4.78 is 22.7. The molecule has 1 aliphatic rings. The number of amides is 3. The van der Waals surface area contributed by atoms with E-state index in [9.17, 15) is 27.9 Å². The van der Waals surface area contributed by atoms with Gasteiger partial charge in [-0.15, -0.1) is 0 Å². The van der Waals surface area contributed by atoms with Crippen molar-refractivity contribution in [2.45, 2.75) is 38.1 Å². The lowest BCUT2D eigenvalue weighted by molar-refractivity contribution is -0.139. The summed E-state index contributed by atoms with van der Waals surface area (Å²) in [6.45, 7) is 2.88. The largest absolute Gasteiger partial charge is 0.480 e. The number of carbonyl (C=O) groups excluding carboxylic acids is 2. The normalized spacial score (nSPS) is 14.9. The first kappa shape index (κ1) is 27.7. The summed E-state index contributed by atoms with van der Waals surface area (Å²) in [5.41, 5.74) is 3.18. The lowest BCUT2D eigenvalue weighted by Gasteiger charge is -2.32. The van der Waals surface area contributed by atoms with Crippen LogP contribution < -0.4 is 10.6 Å². The van der Waals surface area contributed by atoms with Gasteiger partial charge in [-0.25, -0.2) is 18.0 Å². The number of hydrogen-bond donors (Lipinski definition) is 3. The number of benzene rings is 2. The molecule has 1 atom stereocenters. The number of carboxylic acid groups (broad SMARTS) is 1. The molecule has 1 aliphatic heterocycles. The number of nitrogens with zero attached hydrogens (tertiary/aromatic N) is 2. The van der Waals surface area contributed by atoms with E-state index in [1.807, 2.05) is 12.1 Å². The van der Waals surface area contributed by atoms with E-state index < -0.39 is 27.9 Å². The Kier molecular flexibility index (Phi) is 8.89. The Bertz CT molecular complexity index is 1310. The maximum atomic E-state index is 13.1. The van der Waals surface area contributed by atoms with E-state index in [4.69, 9.17) is 5.26 Å². The van der Waals surface area contributed by atoms with Crippen LogP contribution in [0.5, 0.6) is 0 Å². The summed E-state index contributed by atoms with van der Waals surface area (Å²) in [6, 6.07) is 12.4. The molecule has 0 aromatic heterocycles. The maximum absolute atomic E-state index is 13.1. The molecule has 3 amide bonds. The van der Waals surface area contributed by atoms with Crippen molar-refractivity contribution in [3.05, 3.63) is 64.7 Å². The van der Waals surface area contributed by atoms with Crippen LogP contribution in [-0.4, -0.2) is 67.5 Å². The zero-order valence-electron chi connectivity index (χ0n) is 20.7. The summed E-state index contributed by atoms with van der Waals surface area (Å²) in [5.74, 6) is -1.59. The Balaban J connectivity index is 1.62. The summed E-state index contributed by atoms with van der Waals surface area (Å²) in [4.78, 5) is 38.8. The molecule has 0 aliphatic carbocycles.